The third kappa shape index (κ3) is 3.63. The zero-order valence-electron chi connectivity index (χ0n) is 14.8. The molecule has 8 nitrogen and oxygen atoms in total. The smallest absolute Gasteiger partial charge is 0.278 e. The summed E-state index contributed by atoms with van der Waals surface area (Å²) in [6.45, 7) is 0. The van der Waals surface area contributed by atoms with Crippen molar-refractivity contribution >= 4 is 11.4 Å². The average molecular weight is 379 g/mol. The summed E-state index contributed by atoms with van der Waals surface area (Å²) in [5.74, 6) is 0.335. The van der Waals surface area contributed by atoms with Gasteiger partial charge in [0.25, 0.3) is 5.69 Å². The van der Waals surface area contributed by atoms with E-state index in [4.69, 9.17) is 9.36 Å². The molecule has 2 unspecified atom stereocenters. The normalized spacial score (nSPS) is 17.0. The number of aliphatic hydroxyl groups excluding tert-OH is 1. The first-order valence-electron chi connectivity index (χ1n) is 8.78. The number of oxime groups is 1. The van der Waals surface area contributed by atoms with Crippen LogP contribution in [0.25, 0.3) is 11.3 Å². The highest BCUT2D eigenvalue weighted by Gasteiger charge is 2.30. The van der Waals surface area contributed by atoms with E-state index in [1.54, 1.807) is 24.3 Å². The Balaban J connectivity index is 1.42. The molecule has 0 aliphatic carbocycles. The maximum Gasteiger partial charge on any atom is 0.278 e. The molecule has 2 atom stereocenters. The van der Waals surface area contributed by atoms with Crippen molar-refractivity contribution in [3.63, 3.8) is 0 Å². The lowest BCUT2D eigenvalue weighted by Crippen LogP contribution is -2.13. The standard InChI is InChI=1S/C20H17N3O5/c24-19(20-12-16(21-28-20)13-6-2-1-3-7-13)11-14-10-17(22-27-14)15-8-4-5-9-18(15)23(25)26/h1-9,12,14,19,24H,10-11H2. The van der Waals surface area contributed by atoms with E-state index in [0.29, 0.717) is 29.2 Å². The highest BCUT2D eigenvalue weighted by Crippen LogP contribution is 2.30. The van der Waals surface area contributed by atoms with Gasteiger partial charge in [-0.1, -0.05) is 52.8 Å². The summed E-state index contributed by atoms with van der Waals surface area (Å²) in [6, 6.07) is 17.6. The van der Waals surface area contributed by atoms with Gasteiger partial charge in [-0.25, -0.2) is 0 Å². The molecule has 0 saturated heterocycles. The van der Waals surface area contributed by atoms with Gasteiger partial charge in [-0.2, -0.15) is 0 Å². The van der Waals surface area contributed by atoms with E-state index in [2.05, 4.69) is 10.3 Å². The number of para-hydroxylation sites is 1. The molecule has 3 aromatic rings. The van der Waals surface area contributed by atoms with Crippen molar-refractivity contribution in [2.75, 3.05) is 0 Å². The summed E-state index contributed by atoms with van der Waals surface area (Å²) < 4.78 is 5.27. The number of hydrogen-bond acceptors (Lipinski definition) is 7. The molecular weight excluding hydrogens is 362 g/mol. The maximum absolute atomic E-state index is 11.2. The van der Waals surface area contributed by atoms with E-state index in [-0.39, 0.29) is 12.1 Å². The number of nitro benzene ring substituents is 1. The summed E-state index contributed by atoms with van der Waals surface area (Å²) in [6.07, 6.45) is -0.732. The molecule has 28 heavy (non-hydrogen) atoms. The fourth-order valence-corrected chi connectivity index (χ4v) is 3.15. The van der Waals surface area contributed by atoms with Gasteiger partial charge >= 0.3 is 0 Å². The Hall–Kier alpha value is -3.52. The number of benzene rings is 2. The van der Waals surface area contributed by atoms with Crippen LogP contribution in [0.5, 0.6) is 0 Å². The molecule has 0 radical (unpaired) electrons. The van der Waals surface area contributed by atoms with Crippen molar-refractivity contribution in [3.8, 4) is 11.3 Å². The molecule has 1 aliphatic heterocycles. The fourth-order valence-electron chi connectivity index (χ4n) is 3.15. The van der Waals surface area contributed by atoms with Crippen molar-refractivity contribution in [1.29, 1.82) is 0 Å². The monoisotopic (exact) mass is 379 g/mol. The third-order valence-electron chi connectivity index (χ3n) is 4.56. The van der Waals surface area contributed by atoms with Gasteiger partial charge in [-0.3, -0.25) is 10.1 Å². The van der Waals surface area contributed by atoms with Crippen molar-refractivity contribution in [2.45, 2.75) is 25.0 Å². The first-order valence-corrected chi connectivity index (χ1v) is 8.78. The lowest BCUT2D eigenvalue weighted by molar-refractivity contribution is -0.385. The molecular formula is C20H17N3O5. The molecule has 4 rings (SSSR count). The third-order valence-corrected chi connectivity index (χ3v) is 4.56. The number of aromatic nitrogens is 1. The maximum atomic E-state index is 11.2. The lowest BCUT2D eigenvalue weighted by atomic mass is 9.99. The number of aliphatic hydroxyl groups is 1. The highest BCUT2D eigenvalue weighted by atomic mass is 16.6. The minimum atomic E-state index is -0.921. The van der Waals surface area contributed by atoms with E-state index in [9.17, 15) is 15.2 Å². The highest BCUT2D eigenvalue weighted by molar-refractivity contribution is 6.04. The van der Waals surface area contributed by atoms with Crippen molar-refractivity contribution in [3.05, 3.63) is 82.1 Å². The Bertz CT molecular complexity index is 1020. The van der Waals surface area contributed by atoms with Crippen molar-refractivity contribution in [2.24, 2.45) is 5.16 Å². The predicted octanol–water partition coefficient (Wildman–Crippen LogP) is 3.87. The predicted molar refractivity (Wildman–Crippen MR) is 101 cm³/mol. The minimum Gasteiger partial charge on any atom is -0.392 e. The van der Waals surface area contributed by atoms with Crippen LogP contribution in [0.4, 0.5) is 5.69 Å². The Morgan fingerprint density at radius 1 is 1.18 bits per heavy atom. The second kappa shape index (κ2) is 7.61. The zero-order valence-corrected chi connectivity index (χ0v) is 14.8. The zero-order chi connectivity index (χ0) is 19.5. The van der Waals surface area contributed by atoms with Crippen LogP contribution in [0, 0.1) is 10.1 Å². The van der Waals surface area contributed by atoms with Crippen molar-refractivity contribution < 1.29 is 19.4 Å². The Kier molecular flexibility index (Phi) is 4.86. The SMILES string of the molecule is O=[N+]([O-])c1ccccc1C1=NOC(CC(O)c2cc(-c3ccccc3)no2)C1. The second-order valence-electron chi connectivity index (χ2n) is 6.48. The molecule has 0 bridgehead atoms. The average Bonchev–Trinajstić information content (AvgIpc) is 3.38. The number of hydrogen-bond donors (Lipinski definition) is 1. The first kappa shape index (κ1) is 17.9. The number of nitro groups is 1. The van der Waals surface area contributed by atoms with Crippen molar-refractivity contribution in [1.82, 2.24) is 5.16 Å². The molecule has 8 heteroatoms. The van der Waals surface area contributed by atoms with Crippen LogP contribution < -0.4 is 0 Å². The fraction of sp³-hybridized carbons (Fsp3) is 0.200. The molecule has 2 aromatic carbocycles. The summed E-state index contributed by atoms with van der Waals surface area (Å²) in [5, 5.41) is 29.6. The van der Waals surface area contributed by atoms with Gasteiger partial charge in [0.05, 0.1) is 16.2 Å². The second-order valence-corrected chi connectivity index (χ2v) is 6.48. The molecule has 1 aromatic heterocycles. The molecule has 0 amide bonds. The topological polar surface area (TPSA) is 111 Å². The van der Waals surface area contributed by atoms with Crippen LogP contribution >= 0.6 is 0 Å². The summed E-state index contributed by atoms with van der Waals surface area (Å²) in [7, 11) is 0. The molecule has 0 saturated carbocycles. The Morgan fingerprint density at radius 3 is 2.71 bits per heavy atom. The molecule has 1 aliphatic rings. The van der Waals surface area contributed by atoms with Gasteiger partial charge in [0.2, 0.25) is 0 Å². The van der Waals surface area contributed by atoms with Gasteiger partial charge < -0.3 is 14.5 Å². The molecule has 142 valence electrons. The van der Waals surface area contributed by atoms with E-state index in [1.165, 1.54) is 6.07 Å². The van der Waals surface area contributed by atoms with Crippen LogP contribution in [-0.4, -0.2) is 27.0 Å². The number of rotatable bonds is 6. The first-order chi connectivity index (χ1) is 13.6. The van der Waals surface area contributed by atoms with E-state index in [1.807, 2.05) is 30.3 Å². The van der Waals surface area contributed by atoms with Gasteiger partial charge in [0.1, 0.15) is 17.9 Å². The molecule has 0 fully saturated rings. The van der Waals surface area contributed by atoms with E-state index < -0.39 is 17.1 Å². The molecule has 2 heterocycles. The Labute approximate surface area is 160 Å². The van der Waals surface area contributed by atoms with Gasteiger partial charge in [-0.05, 0) is 6.07 Å². The van der Waals surface area contributed by atoms with Crippen LogP contribution in [0.1, 0.15) is 30.3 Å². The largest absolute Gasteiger partial charge is 0.392 e. The van der Waals surface area contributed by atoms with Gasteiger partial charge in [0.15, 0.2) is 5.76 Å². The quantitative estimate of drug-likeness (QED) is 0.514. The molecule has 1 N–H and O–H groups in total. The van der Waals surface area contributed by atoms with Crippen LogP contribution in [-0.2, 0) is 4.84 Å². The van der Waals surface area contributed by atoms with Crippen LogP contribution in [0.2, 0.25) is 0 Å². The Morgan fingerprint density at radius 2 is 1.93 bits per heavy atom. The lowest BCUT2D eigenvalue weighted by Gasteiger charge is -2.11. The summed E-state index contributed by atoms with van der Waals surface area (Å²) in [5.41, 5.74) is 2.43. The van der Waals surface area contributed by atoms with E-state index in [0.717, 1.165) is 5.56 Å². The van der Waals surface area contributed by atoms with Gasteiger partial charge in [0, 0.05) is 30.5 Å². The number of nitrogens with zero attached hydrogens (tertiary/aromatic N) is 3. The van der Waals surface area contributed by atoms with Crippen LogP contribution in [0.3, 0.4) is 0 Å². The summed E-state index contributed by atoms with van der Waals surface area (Å²) in [4.78, 5) is 16.1. The van der Waals surface area contributed by atoms with E-state index >= 15 is 0 Å². The van der Waals surface area contributed by atoms with Crippen LogP contribution in [0.15, 0.2) is 70.3 Å². The summed E-state index contributed by atoms with van der Waals surface area (Å²) >= 11 is 0. The minimum absolute atomic E-state index is 0.0196. The molecule has 0 spiro atoms. The van der Waals surface area contributed by atoms with Gasteiger partial charge in [-0.15, -0.1) is 0 Å².